The van der Waals surface area contributed by atoms with Gasteiger partial charge in [0.2, 0.25) is 0 Å². The van der Waals surface area contributed by atoms with Gasteiger partial charge < -0.3 is 15.4 Å². The summed E-state index contributed by atoms with van der Waals surface area (Å²) in [6.07, 6.45) is 2.19. The Hall–Kier alpha value is -4.17. The van der Waals surface area contributed by atoms with Crippen molar-refractivity contribution in [3.8, 4) is 5.75 Å². The van der Waals surface area contributed by atoms with Crippen molar-refractivity contribution in [2.24, 2.45) is 5.10 Å². The molecule has 0 saturated carbocycles. The molecule has 0 aliphatic heterocycles. The van der Waals surface area contributed by atoms with E-state index >= 15 is 0 Å². The first kappa shape index (κ1) is 26.4. The number of benzene rings is 3. The highest BCUT2D eigenvalue weighted by Crippen LogP contribution is 2.21. The topological polar surface area (TPSA) is 109 Å². The Morgan fingerprint density at radius 1 is 0.889 bits per heavy atom. The smallest absolute Gasteiger partial charge is 0.329 e. The van der Waals surface area contributed by atoms with Crippen LogP contribution >= 0.6 is 11.6 Å². The number of aryl methyl sites for hydroxylation is 3. The molecule has 0 heterocycles. The van der Waals surface area contributed by atoms with Gasteiger partial charge in [-0.3, -0.25) is 14.4 Å². The highest BCUT2D eigenvalue weighted by atomic mass is 35.5. The number of carbonyl (C=O) groups is 3. The van der Waals surface area contributed by atoms with Crippen LogP contribution in [0.1, 0.15) is 29.2 Å². The minimum Gasteiger partial charge on any atom is -0.483 e. The minimum absolute atomic E-state index is 0.247. The molecular formula is C27H27ClN4O4. The monoisotopic (exact) mass is 506 g/mol. The van der Waals surface area contributed by atoms with E-state index in [9.17, 15) is 14.4 Å². The maximum absolute atomic E-state index is 12.3. The van der Waals surface area contributed by atoms with Crippen LogP contribution in [0.15, 0.2) is 65.8 Å². The van der Waals surface area contributed by atoms with Crippen molar-refractivity contribution in [2.45, 2.75) is 27.2 Å². The van der Waals surface area contributed by atoms with Crippen LogP contribution in [0, 0.1) is 13.8 Å². The second-order valence-electron chi connectivity index (χ2n) is 8.02. The molecule has 0 fully saturated rings. The summed E-state index contributed by atoms with van der Waals surface area (Å²) in [4.78, 5) is 36.6. The predicted molar refractivity (Wildman–Crippen MR) is 142 cm³/mol. The summed E-state index contributed by atoms with van der Waals surface area (Å²) in [7, 11) is 0. The van der Waals surface area contributed by atoms with E-state index in [0.29, 0.717) is 27.7 Å². The maximum Gasteiger partial charge on any atom is 0.329 e. The number of hydrogen-bond donors (Lipinski definition) is 3. The zero-order valence-corrected chi connectivity index (χ0v) is 21.0. The number of rotatable bonds is 8. The third kappa shape index (κ3) is 7.68. The van der Waals surface area contributed by atoms with Gasteiger partial charge in [0, 0.05) is 22.0 Å². The third-order valence-corrected chi connectivity index (χ3v) is 5.55. The number of nitrogens with zero attached hydrogens (tertiary/aromatic N) is 1. The number of hydrazone groups is 1. The minimum atomic E-state index is -0.942. The van der Waals surface area contributed by atoms with Crippen molar-refractivity contribution in [1.82, 2.24) is 5.43 Å². The van der Waals surface area contributed by atoms with Gasteiger partial charge in [-0.2, -0.15) is 5.10 Å². The first-order valence-corrected chi connectivity index (χ1v) is 11.7. The van der Waals surface area contributed by atoms with Crippen molar-refractivity contribution < 1.29 is 19.1 Å². The van der Waals surface area contributed by atoms with Crippen molar-refractivity contribution in [3.05, 3.63) is 87.9 Å². The Kier molecular flexibility index (Phi) is 9.19. The molecule has 8 nitrogen and oxygen atoms in total. The van der Waals surface area contributed by atoms with Gasteiger partial charge in [-0.15, -0.1) is 0 Å². The third-order valence-electron chi connectivity index (χ3n) is 5.32. The Bertz CT molecular complexity index is 1290. The van der Waals surface area contributed by atoms with Gasteiger partial charge in [0.05, 0.1) is 6.21 Å². The predicted octanol–water partition coefficient (Wildman–Crippen LogP) is 4.63. The van der Waals surface area contributed by atoms with Crippen LogP contribution in [0.5, 0.6) is 5.75 Å². The standard InChI is InChI=1S/C27H27ClN4O4/c1-4-19-6-10-22(11-7-19)30-25(33)16-36-24-12-8-21(28)14-20(24)15-29-32-27(35)26(34)31-23-9-5-17(2)18(3)13-23/h5-15H,4,16H2,1-3H3,(H,30,33)(H,31,34)(H,32,35)/b29-15-. The fourth-order valence-electron chi connectivity index (χ4n) is 3.13. The molecule has 3 aromatic carbocycles. The van der Waals surface area contributed by atoms with Gasteiger partial charge in [-0.05, 0) is 79.4 Å². The summed E-state index contributed by atoms with van der Waals surface area (Å²) >= 11 is 6.07. The van der Waals surface area contributed by atoms with E-state index in [4.69, 9.17) is 16.3 Å². The van der Waals surface area contributed by atoms with Gasteiger partial charge in [0.15, 0.2) is 6.61 Å². The van der Waals surface area contributed by atoms with Gasteiger partial charge in [-0.1, -0.05) is 36.7 Å². The highest BCUT2D eigenvalue weighted by Gasteiger charge is 2.13. The van der Waals surface area contributed by atoms with E-state index in [1.54, 1.807) is 30.3 Å². The van der Waals surface area contributed by atoms with Crippen molar-refractivity contribution in [2.75, 3.05) is 17.2 Å². The van der Waals surface area contributed by atoms with Gasteiger partial charge in [0.25, 0.3) is 5.91 Å². The molecule has 3 N–H and O–H groups in total. The molecule has 36 heavy (non-hydrogen) atoms. The molecule has 0 aliphatic carbocycles. The molecule has 0 aromatic heterocycles. The number of anilines is 2. The molecule has 186 valence electrons. The first-order chi connectivity index (χ1) is 17.2. The summed E-state index contributed by atoms with van der Waals surface area (Å²) < 4.78 is 5.62. The molecule has 0 aliphatic rings. The fourth-order valence-corrected chi connectivity index (χ4v) is 3.31. The number of hydrogen-bond acceptors (Lipinski definition) is 5. The van der Waals surface area contributed by atoms with E-state index in [1.807, 2.05) is 44.2 Å². The van der Waals surface area contributed by atoms with Crippen molar-refractivity contribution >= 4 is 46.9 Å². The van der Waals surface area contributed by atoms with E-state index < -0.39 is 11.8 Å². The summed E-state index contributed by atoms with van der Waals surface area (Å²) in [6, 6.07) is 17.6. The second-order valence-corrected chi connectivity index (χ2v) is 8.46. The fraction of sp³-hybridized carbons (Fsp3) is 0.185. The Morgan fingerprint density at radius 2 is 1.61 bits per heavy atom. The average Bonchev–Trinajstić information content (AvgIpc) is 2.86. The largest absolute Gasteiger partial charge is 0.483 e. The van der Waals surface area contributed by atoms with E-state index in [1.165, 1.54) is 11.8 Å². The van der Waals surface area contributed by atoms with Crippen LogP contribution in [0.2, 0.25) is 5.02 Å². The number of carbonyl (C=O) groups excluding carboxylic acids is 3. The summed E-state index contributed by atoms with van der Waals surface area (Å²) in [5.74, 6) is -1.81. The lowest BCUT2D eigenvalue weighted by Gasteiger charge is -2.10. The van der Waals surface area contributed by atoms with E-state index in [-0.39, 0.29) is 12.5 Å². The number of amides is 3. The summed E-state index contributed by atoms with van der Waals surface area (Å²) in [5.41, 5.74) is 6.99. The molecule has 0 saturated heterocycles. The van der Waals surface area contributed by atoms with Crippen LogP contribution < -0.4 is 20.8 Å². The van der Waals surface area contributed by atoms with Crippen LogP contribution in [0.3, 0.4) is 0 Å². The van der Waals surface area contributed by atoms with Crippen LogP contribution in [0.25, 0.3) is 0 Å². The van der Waals surface area contributed by atoms with Crippen molar-refractivity contribution in [3.63, 3.8) is 0 Å². The highest BCUT2D eigenvalue weighted by molar-refractivity contribution is 6.39. The SMILES string of the molecule is CCc1ccc(NC(=O)COc2ccc(Cl)cc2/C=N\NC(=O)C(=O)Nc2ccc(C)c(C)c2)cc1. The Labute approximate surface area is 214 Å². The molecule has 0 radical (unpaired) electrons. The summed E-state index contributed by atoms with van der Waals surface area (Å²) in [6.45, 7) is 5.67. The molecule has 0 spiro atoms. The first-order valence-electron chi connectivity index (χ1n) is 11.3. The zero-order chi connectivity index (χ0) is 26.1. The lowest BCUT2D eigenvalue weighted by atomic mass is 10.1. The Balaban J connectivity index is 1.56. The van der Waals surface area contributed by atoms with Gasteiger partial charge in [-0.25, -0.2) is 5.43 Å². The average molecular weight is 507 g/mol. The number of nitrogens with one attached hydrogen (secondary N) is 3. The molecule has 0 unspecified atom stereocenters. The Morgan fingerprint density at radius 3 is 2.31 bits per heavy atom. The molecule has 3 rings (SSSR count). The van der Waals surface area contributed by atoms with E-state index in [2.05, 4.69) is 28.1 Å². The van der Waals surface area contributed by atoms with Gasteiger partial charge in [0.1, 0.15) is 5.75 Å². The van der Waals surface area contributed by atoms with Crippen LogP contribution in [0.4, 0.5) is 11.4 Å². The van der Waals surface area contributed by atoms with Crippen molar-refractivity contribution in [1.29, 1.82) is 0 Å². The summed E-state index contributed by atoms with van der Waals surface area (Å²) in [5, 5.41) is 9.52. The second kappa shape index (κ2) is 12.5. The molecule has 0 bridgehead atoms. The maximum atomic E-state index is 12.3. The van der Waals surface area contributed by atoms with Crippen LogP contribution in [-0.2, 0) is 20.8 Å². The molecule has 0 atom stereocenters. The molecule has 3 aromatic rings. The molecular weight excluding hydrogens is 480 g/mol. The lowest BCUT2D eigenvalue weighted by Crippen LogP contribution is -2.32. The van der Waals surface area contributed by atoms with E-state index in [0.717, 1.165) is 17.5 Å². The number of ether oxygens (including phenoxy) is 1. The normalized spacial score (nSPS) is 10.7. The quantitative estimate of drug-likeness (QED) is 0.235. The zero-order valence-electron chi connectivity index (χ0n) is 20.2. The molecule has 9 heteroatoms. The van der Waals surface area contributed by atoms with Gasteiger partial charge >= 0.3 is 11.8 Å². The molecule has 3 amide bonds. The number of halogens is 1. The van der Waals surface area contributed by atoms with Crippen LogP contribution in [-0.4, -0.2) is 30.5 Å². The lowest BCUT2D eigenvalue weighted by molar-refractivity contribution is -0.136.